The maximum atomic E-state index is 12.6. The fourth-order valence-electron chi connectivity index (χ4n) is 2.73. The average molecular weight is 480 g/mol. The second-order valence-corrected chi connectivity index (χ2v) is 10.3. The van der Waals surface area contributed by atoms with Crippen LogP contribution in [0.1, 0.15) is 17.7 Å². The van der Waals surface area contributed by atoms with Gasteiger partial charge in [-0.25, -0.2) is 4.98 Å². The lowest BCUT2D eigenvalue weighted by Gasteiger charge is -2.13. The third-order valence-corrected chi connectivity index (χ3v) is 7.44. The van der Waals surface area contributed by atoms with Crippen LogP contribution in [0.5, 0.6) is 0 Å². The number of anilines is 1. The Labute approximate surface area is 189 Å². The molecule has 1 fully saturated rings. The van der Waals surface area contributed by atoms with Crippen molar-refractivity contribution in [2.75, 3.05) is 11.9 Å². The Hall–Kier alpha value is -1.78. The molecular weight excluding hydrogens is 466 g/mol. The van der Waals surface area contributed by atoms with Crippen molar-refractivity contribution in [3.05, 3.63) is 50.5 Å². The first-order valence-corrected chi connectivity index (χ1v) is 11.9. The van der Waals surface area contributed by atoms with E-state index in [-0.39, 0.29) is 18.2 Å². The Bertz CT molecular complexity index is 1120. The van der Waals surface area contributed by atoms with E-state index in [1.165, 1.54) is 23.1 Å². The van der Waals surface area contributed by atoms with Crippen molar-refractivity contribution in [3.8, 4) is 0 Å². The third-order valence-electron chi connectivity index (χ3n) is 4.07. The van der Waals surface area contributed by atoms with Crippen LogP contribution in [0, 0.1) is 0 Å². The van der Waals surface area contributed by atoms with Gasteiger partial charge in [-0.15, -0.1) is 11.3 Å². The SMILES string of the molecule is O=C(CCCN1C(=O)/C(=C/c2cccs2)SC1=S)Nc1nc2ccc(Cl)cc2s1. The Morgan fingerprint density at radius 2 is 2.21 bits per heavy atom. The van der Waals surface area contributed by atoms with Crippen LogP contribution in [0.2, 0.25) is 5.02 Å². The molecular formula is C19H14ClN3O2S4. The summed E-state index contributed by atoms with van der Waals surface area (Å²) in [6.45, 7) is 0.412. The molecule has 1 saturated heterocycles. The van der Waals surface area contributed by atoms with Crippen LogP contribution >= 0.6 is 58.3 Å². The second-order valence-electron chi connectivity index (χ2n) is 6.13. The molecule has 29 heavy (non-hydrogen) atoms. The summed E-state index contributed by atoms with van der Waals surface area (Å²) in [4.78, 5) is 32.4. The number of benzene rings is 1. The minimum atomic E-state index is -0.144. The molecule has 3 aromatic rings. The van der Waals surface area contributed by atoms with Crippen molar-refractivity contribution in [1.82, 2.24) is 9.88 Å². The van der Waals surface area contributed by atoms with E-state index in [2.05, 4.69) is 10.3 Å². The highest BCUT2D eigenvalue weighted by Crippen LogP contribution is 2.33. The van der Waals surface area contributed by atoms with Gasteiger partial charge in [-0.05, 0) is 42.1 Å². The number of hydrogen-bond donors (Lipinski definition) is 1. The Balaban J connectivity index is 1.30. The largest absolute Gasteiger partial charge is 0.302 e. The number of amides is 2. The standard InChI is InChI=1S/C19H14ClN3O2S4/c20-11-5-6-13-14(9-11)28-18(21-13)22-16(24)4-1-7-23-17(25)15(29-19(23)26)10-12-3-2-8-27-12/h2-3,5-6,8-10H,1,4,7H2,(H,21,22,24)/b15-10-. The smallest absolute Gasteiger partial charge is 0.266 e. The first-order valence-electron chi connectivity index (χ1n) is 8.64. The van der Waals surface area contributed by atoms with E-state index in [0.717, 1.165) is 15.1 Å². The number of nitrogens with one attached hydrogen (secondary N) is 1. The van der Waals surface area contributed by atoms with Gasteiger partial charge in [-0.3, -0.25) is 14.5 Å². The molecule has 1 N–H and O–H groups in total. The number of halogens is 1. The predicted molar refractivity (Wildman–Crippen MR) is 127 cm³/mol. The fraction of sp³-hybridized carbons (Fsp3) is 0.158. The van der Waals surface area contributed by atoms with Crippen LogP contribution in [0.15, 0.2) is 40.6 Å². The molecule has 148 valence electrons. The monoisotopic (exact) mass is 479 g/mol. The van der Waals surface area contributed by atoms with Crippen LogP contribution in [0.25, 0.3) is 16.3 Å². The molecule has 0 aliphatic carbocycles. The van der Waals surface area contributed by atoms with E-state index in [4.69, 9.17) is 23.8 Å². The maximum absolute atomic E-state index is 12.6. The van der Waals surface area contributed by atoms with Crippen molar-refractivity contribution < 1.29 is 9.59 Å². The first-order chi connectivity index (χ1) is 14.0. The van der Waals surface area contributed by atoms with Gasteiger partial charge in [0.05, 0.1) is 15.1 Å². The zero-order chi connectivity index (χ0) is 20.4. The number of hydrogen-bond acceptors (Lipinski definition) is 7. The highest BCUT2D eigenvalue weighted by Gasteiger charge is 2.31. The second kappa shape index (κ2) is 8.93. The van der Waals surface area contributed by atoms with Gasteiger partial charge in [0.2, 0.25) is 5.91 Å². The van der Waals surface area contributed by atoms with E-state index in [9.17, 15) is 9.59 Å². The van der Waals surface area contributed by atoms with Gasteiger partial charge in [0.15, 0.2) is 5.13 Å². The molecule has 10 heteroatoms. The summed E-state index contributed by atoms with van der Waals surface area (Å²) in [6, 6.07) is 9.31. The molecule has 5 nitrogen and oxygen atoms in total. The quantitative estimate of drug-likeness (QED) is 0.366. The summed E-state index contributed by atoms with van der Waals surface area (Å²) in [5.74, 6) is -0.244. The number of fused-ring (bicyclic) bond motifs is 1. The lowest BCUT2D eigenvalue weighted by molar-refractivity contribution is -0.122. The predicted octanol–water partition coefficient (Wildman–Crippen LogP) is 5.63. The van der Waals surface area contributed by atoms with Gasteiger partial charge in [-0.2, -0.15) is 0 Å². The minimum absolute atomic E-state index is 0.100. The maximum Gasteiger partial charge on any atom is 0.266 e. The molecule has 0 atom stereocenters. The molecule has 3 heterocycles. The molecule has 2 amide bonds. The molecule has 0 spiro atoms. The van der Waals surface area contributed by atoms with Crippen molar-refractivity contribution >= 4 is 95.8 Å². The van der Waals surface area contributed by atoms with Crippen molar-refractivity contribution in [2.45, 2.75) is 12.8 Å². The van der Waals surface area contributed by atoms with Crippen molar-refractivity contribution in [3.63, 3.8) is 0 Å². The zero-order valence-corrected chi connectivity index (χ0v) is 18.9. The Morgan fingerprint density at radius 1 is 1.34 bits per heavy atom. The number of thiazole rings is 1. The average Bonchev–Trinajstić information content (AvgIpc) is 3.38. The number of nitrogens with zero attached hydrogens (tertiary/aromatic N) is 2. The van der Waals surface area contributed by atoms with Crippen LogP contribution < -0.4 is 5.32 Å². The topological polar surface area (TPSA) is 62.3 Å². The van der Waals surface area contributed by atoms with E-state index in [1.807, 2.05) is 35.7 Å². The summed E-state index contributed by atoms with van der Waals surface area (Å²) in [5, 5.41) is 5.95. The number of thioether (sulfide) groups is 1. The highest BCUT2D eigenvalue weighted by molar-refractivity contribution is 8.26. The van der Waals surface area contributed by atoms with E-state index < -0.39 is 0 Å². The number of carbonyl (C=O) groups is 2. The highest BCUT2D eigenvalue weighted by atomic mass is 35.5. The summed E-state index contributed by atoms with van der Waals surface area (Å²) in [6.07, 6.45) is 2.65. The van der Waals surface area contributed by atoms with Gasteiger partial charge in [-0.1, -0.05) is 53.0 Å². The minimum Gasteiger partial charge on any atom is -0.302 e. The van der Waals surface area contributed by atoms with E-state index in [0.29, 0.717) is 32.3 Å². The number of aromatic nitrogens is 1. The van der Waals surface area contributed by atoms with Gasteiger partial charge in [0.1, 0.15) is 4.32 Å². The van der Waals surface area contributed by atoms with E-state index >= 15 is 0 Å². The lowest BCUT2D eigenvalue weighted by Crippen LogP contribution is -2.29. The van der Waals surface area contributed by atoms with Gasteiger partial charge in [0, 0.05) is 22.9 Å². The van der Waals surface area contributed by atoms with Gasteiger partial charge >= 0.3 is 0 Å². The molecule has 0 saturated carbocycles. The van der Waals surface area contributed by atoms with Gasteiger partial charge < -0.3 is 5.32 Å². The zero-order valence-electron chi connectivity index (χ0n) is 14.9. The molecule has 0 bridgehead atoms. The molecule has 4 rings (SSSR count). The first kappa shape index (κ1) is 20.5. The van der Waals surface area contributed by atoms with E-state index in [1.54, 1.807) is 22.3 Å². The number of thiophene rings is 1. The number of rotatable bonds is 6. The van der Waals surface area contributed by atoms with Crippen molar-refractivity contribution in [2.24, 2.45) is 0 Å². The summed E-state index contributed by atoms with van der Waals surface area (Å²) >= 11 is 15.6. The third kappa shape index (κ3) is 4.87. The Morgan fingerprint density at radius 3 is 3.00 bits per heavy atom. The Kier molecular flexibility index (Phi) is 6.31. The van der Waals surface area contributed by atoms with Crippen LogP contribution in [0.3, 0.4) is 0 Å². The fourth-order valence-corrected chi connectivity index (χ4v) is 5.92. The summed E-state index contributed by atoms with van der Waals surface area (Å²) in [7, 11) is 0. The van der Waals surface area contributed by atoms with Crippen LogP contribution in [-0.4, -0.2) is 32.6 Å². The normalized spacial score (nSPS) is 15.6. The number of carbonyl (C=O) groups excluding carboxylic acids is 2. The summed E-state index contributed by atoms with van der Waals surface area (Å²) < 4.78 is 1.45. The molecule has 1 aliphatic heterocycles. The summed E-state index contributed by atoms with van der Waals surface area (Å²) in [5.41, 5.74) is 0.796. The molecule has 1 aliphatic rings. The van der Waals surface area contributed by atoms with Crippen LogP contribution in [-0.2, 0) is 9.59 Å². The molecule has 1 aromatic carbocycles. The lowest BCUT2D eigenvalue weighted by atomic mass is 10.2. The molecule has 2 aromatic heterocycles. The van der Waals surface area contributed by atoms with Crippen molar-refractivity contribution in [1.29, 1.82) is 0 Å². The molecule has 0 radical (unpaired) electrons. The molecule has 0 unspecified atom stereocenters. The van der Waals surface area contributed by atoms with Gasteiger partial charge in [0.25, 0.3) is 5.91 Å². The van der Waals surface area contributed by atoms with Crippen LogP contribution in [0.4, 0.5) is 5.13 Å². The number of thiocarbonyl (C=S) groups is 1.